The largest absolute Gasteiger partial charge is 0.389 e. The molecule has 0 aliphatic carbocycles. The van der Waals surface area contributed by atoms with Gasteiger partial charge >= 0.3 is 0 Å². The maximum absolute atomic E-state index is 9.11. The number of epoxide rings is 2. The first-order valence-electron chi connectivity index (χ1n) is 9.82. The molecule has 0 spiro atoms. The van der Waals surface area contributed by atoms with Crippen LogP contribution >= 0.6 is 0 Å². The molecule has 0 aromatic rings. The van der Waals surface area contributed by atoms with Gasteiger partial charge in [-0.2, -0.15) is 0 Å². The summed E-state index contributed by atoms with van der Waals surface area (Å²) in [5.41, 5.74) is 10.4. The highest BCUT2D eigenvalue weighted by molar-refractivity contribution is 4.69. The van der Waals surface area contributed by atoms with Crippen LogP contribution in [0.25, 0.3) is 0 Å². The number of rotatable bonds is 16. The molecule has 10 nitrogen and oxygen atoms in total. The van der Waals surface area contributed by atoms with E-state index in [1.165, 1.54) is 0 Å². The SMILES string of the molecule is CC(COCC(O)CN)OCC(O)CN.CC(COCC1CO1)OCC1CO1. The lowest BCUT2D eigenvalue weighted by atomic mass is 10.3. The molecule has 0 aromatic heterocycles. The molecule has 10 heteroatoms. The maximum atomic E-state index is 9.11. The summed E-state index contributed by atoms with van der Waals surface area (Å²) in [5, 5.41) is 18.2. The van der Waals surface area contributed by atoms with Crippen molar-refractivity contribution in [2.24, 2.45) is 11.5 Å². The molecule has 2 saturated heterocycles. The molecule has 28 heavy (non-hydrogen) atoms. The van der Waals surface area contributed by atoms with Gasteiger partial charge in [0.25, 0.3) is 0 Å². The molecule has 2 aliphatic rings. The highest BCUT2D eigenvalue weighted by atomic mass is 16.6. The van der Waals surface area contributed by atoms with E-state index in [4.69, 9.17) is 50.1 Å². The highest BCUT2D eigenvalue weighted by Gasteiger charge is 2.24. The molecule has 0 saturated carbocycles. The van der Waals surface area contributed by atoms with Crippen LogP contribution in [0, 0.1) is 0 Å². The average molecular weight is 411 g/mol. The van der Waals surface area contributed by atoms with Crippen molar-refractivity contribution in [1.29, 1.82) is 0 Å². The Labute approximate surface area is 167 Å². The van der Waals surface area contributed by atoms with Crippen LogP contribution in [-0.2, 0) is 28.4 Å². The summed E-state index contributed by atoms with van der Waals surface area (Å²) < 4.78 is 31.3. The first-order chi connectivity index (χ1) is 13.4. The van der Waals surface area contributed by atoms with Gasteiger partial charge in [-0.3, -0.25) is 0 Å². The zero-order valence-corrected chi connectivity index (χ0v) is 17.0. The number of ether oxygens (including phenoxy) is 6. The van der Waals surface area contributed by atoms with Gasteiger partial charge in [0.15, 0.2) is 0 Å². The fourth-order valence-electron chi connectivity index (χ4n) is 1.84. The van der Waals surface area contributed by atoms with E-state index in [1.807, 2.05) is 13.8 Å². The minimum atomic E-state index is -0.637. The average Bonchev–Trinajstić information content (AvgIpc) is 3.59. The number of hydrogen-bond acceptors (Lipinski definition) is 10. The normalized spacial score (nSPS) is 24.6. The summed E-state index contributed by atoms with van der Waals surface area (Å²) in [6, 6.07) is 0. The van der Waals surface area contributed by atoms with Crippen molar-refractivity contribution < 1.29 is 38.6 Å². The van der Waals surface area contributed by atoms with Crippen molar-refractivity contribution in [3.63, 3.8) is 0 Å². The summed E-state index contributed by atoms with van der Waals surface area (Å²) in [7, 11) is 0. The van der Waals surface area contributed by atoms with E-state index in [9.17, 15) is 0 Å². The molecule has 6 N–H and O–H groups in total. The second-order valence-corrected chi connectivity index (χ2v) is 7.05. The van der Waals surface area contributed by atoms with E-state index in [0.717, 1.165) is 13.2 Å². The predicted molar refractivity (Wildman–Crippen MR) is 102 cm³/mol. The Bertz CT molecular complexity index is 371. The van der Waals surface area contributed by atoms with Crippen LogP contribution in [0.1, 0.15) is 13.8 Å². The van der Waals surface area contributed by atoms with Crippen LogP contribution in [-0.4, -0.2) is 113 Å². The fraction of sp³-hybridized carbons (Fsp3) is 1.00. The molecule has 2 rings (SSSR count). The highest BCUT2D eigenvalue weighted by Crippen LogP contribution is 2.11. The summed E-state index contributed by atoms with van der Waals surface area (Å²) in [5.74, 6) is 0. The molecule has 2 aliphatic heterocycles. The second kappa shape index (κ2) is 15.4. The number of nitrogens with two attached hydrogens (primary N) is 2. The van der Waals surface area contributed by atoms with Gasteiger partial charge in [-0.05, 0) is 13.8 Å². The van der Waals surface area contributed by atoms with E-state index < -0.39 is 12.2 Å². The first-order valence-corrected chi connectivity index (χ1v) is 9.82. The van der Waals surface area contributed by atoms with Crippen LogP contribution in [0.4, 0.5) is 0 Å². The maximum Gasteiger partial charge on any atom is 0.104 e. The quantitative estimate of drug-likeness (QED) is 0.215. The molecular formula is C18H38N2O8. The predicted octanol–water partition coefficient (Wildman–Crippen LogP) is -1.75. The monoisotopic (exact) mass is 410 g/mol. The molecule has 2 heterocycles. The zero-order valence-electron chi connectivity index (χ0n) is 17.0. The molecular weight excluding hydrogens is 372 g/mol. The number of hydrogen-bond donors (Lipinski definition) is 4. The number of aliphatic hydroxyl groups is 2. The third-order valence-corrected chi connectivity index (χ3v) is 3.81. The Hall–Kier alpha value is -0.400. The third-order valence-electron chi connectivity index (χ3n) is 3.81. The van der Waals surface area contributed by atoms with Gasteiger partial charge in [-0.15, -0.1) is 0 Å². The fourth-order valence-corrected chi connectivity index (χ4v) is 1.84. The minimum Gasteiger partial charge on any atom is -0.389 e. The first kappa shape index (κ1) is 25.6. The van der Waals surface area contributed by atoms with Gasteiger partial charge in [0.05, 0.1) is 77.3 Å². The van der Waals surface area contributed by atoms with E-state index in [1.54, 1.807) is 0 Å². The van der Waals surface area contributed by atoms with Crippen molar-refractivity contribution >= 4 is 0 Å². The second-order valence-electron chi connectivity index (χ2n) is 7.05. The lowest BCUT2D eigenvalue weighted by Crippen LogP contribution is -2.30. The van der Waals surface area contributed by atoms with Gasteiger partial charge in [0.1, 0.15) is 12.2 Å². The van der Waals surface area contributed by atoms with Crippen LogP contribution in [0.5, 0.6) is 0 Å². The Morgan fingerprint density at radius 1 is 0.786 bits per heavy atom. The van der Waals surface area contributed by atoms with Gasteiger partial charge in [0.2, 0.25) is 0 Å². The molecule has 0 radical (unpaired) electrons. The molecule has 0 amide bonds. The van der Waals surface area contributed by atoms with Crippen LogP contribution in [0.3, 0.4) is 0 Å². The number of aliphatic hydroxyl groups excluding tert-OH is 2. The standard InChI is InChI=1S/C9H22N2O4.C9H16O4/c1-7(15-6-9(13)3-11)4-14-5-8(12)2-10;1-7(11-4-9-6-13-9)2-10-3-8-5-12-8/h7-9,12-13H,2-6,10-11H2,1H3;7-9H,2-6H2,1H3. The van der Waals surface area contributed by atoms with Crippen LogP contribution < -0.4 is 11.5 Å². The zero-order chi connectivity index (χ0) is 20.8. The molecule has 0 bridgehead atoms. The van der Waals surface area contributed by atoms with Crippen LogP contribution in [0.2, 0.25) is 0 Å². The van der Waals surface area contributed by atoms with E-state index in [0.29, 0.717) is 38.6 Å². The minimum absolute atomic E-state index is 0.142. The van der Waals surface area contributed by atoms with E-state index >= 15 is 0 Å². The van der Waals surface area contributed by atoms with Crippen molar-refractivity contribution in [2.45, 2.75) is 50.5 Å². The summed E-state index contributed by atoms with van der Waals surface area (Å²) in [6.07, 6.45) is -0.568. The molecule has 6 atom stereocenters. The van der Waals surface area contributed by atoms with Gasteiger partial charge < -0.3 is 50.1 Å². The van der Waals surface area contributed by atoms with Gasteiger partial charge in [-0.1, -0.05) is 0 Å². The van der Waals surface area contributed by atoms with E-state index in [2.05, 4.69) is 0 Å². The molecule has 168 valence electrons. The van der Waals surface area contributed by atoms with E-state index in [-0.39, 0.29) is 38.5 Å². The van der Waals surface area contributed by atoms with Crippen molar-refractivity contribution in [1.82, 2.24) is 0 Å². The van der Waals surface area contributed by atoms with Gasteiger partial charge in [0, 0.05) is 13.1 Å². The lowest BCUT2D eigenvalue weighted by Gasteiger charge is -2.16. The van der Waals surface area contributed by atoms with Crippen LogP contribution in [0.15, 0.2) is 0 Å². The molecule has 6 unspecified atom stereocenters. The van der Waals surface area contributed by atoms with Gasteiger partial charge in [-0.25, -0.2) is 0 Å². The topological polar surface area (TPSA) is 154 Å². The van der Waals surface area contributed by atoms with Crippen molar-refractivity contribution in [3.05, 3.63) is 0 Å². The molecule has 0 aromatic carbocycles. The molecule has 2 fully saturated rings. The Balaban J connectivity index is 0.000000281. The lowest BCUT2D eigenvalue weighted by molar-refractivity contribution is -0.0516. The Kier molecular flexibility index (Phi) is 14.1. The Morgan fingerprint density at radius 3 is 1.86 bits per heavy atom. The summed E-state index contributed by atoms with van der Waals surface area (Å²) in [6.45, 7) is 8.69. The van der Waals surface area contributed by atoms with Crippen molar-refractivity contribution in [2.75, 3.05) is 65.9 Å². The summed E-state index contributed by atoms with van der Waals surface area (Å²) >= 11 is 0. The summed E-state index contributed by atoms with van der Waals surface area (Å²) in [4.78, 5) is 0. The third kappa shape index (κ3) is 15.5. The Morgan fingerprint density at radius 2 is 1.29 bits per heavy atom. The smallest absolute Gasteiger partial charge is 0.104 e. The van der Waals surface area contributed by atoms with Crippen molar-refractivity contribution in [3.8, 4) is 0 Å².